The molecule has 0 aliphatic rings. The van der Waals surface area contributed by atoms with Crippen molar-refractivity contribution in [3.63, 3.8) is 0 Å². The maximum atomic E-state index is 4.99. The van der Waals surface area contributed by atoms with Crippen molar-refractivity contribution in [2.45, 2.75) is 13.0 Å². The van der Waals surface area contributed by atoms with Crippen LogP contribution < -0.4 is 5.32 Å². The van der Waals surface area contributed by atoms with E-state index in [0.29, 0.717) is 0 Å². The fourth-order valence-electron chi connectivity index (χ4n) is 1.67. The average Bonchev–Trinajstić information content (AvgIpc) is 2.76. The van der Waals surface area contributed by atoms with Crippen LogP contribution in [-0.2, 0) is 11.3 Å². The monoisotopic (exact) mass is 255 g/mol. The Morgan fingerprint density at radius 3 is 3.12 bits per heavy atom. The van der Waals surface area contributed by atoms with E-state index >= 15 is 0 Å². The zero-order valence-corrected chi connectivity index (χ0v) is 10.7. The summed E-state index contributed by atoms with van der Waals surface area (Å²) in [5.41, 5.74) is 2.37. The molecule has 1 aromatic heterocycles. The smallest absolute Gasteiger partial charge is 0.0653 e. The first kappa shape index (κ1) is 14.0. The molecule has 2 N–H and O–H groups in total. The standard InChI is InChI=1S/C12H17N3O.ClH/c1-16-6-2-5-13-8-10-3-4-11-9-14-15-12(11)7-10;/h3-4,7,9,13H,2,5-6,8H2,1H3,(H,14,15);1H. The summed E-state index contributed by atoms with van der Waals surface area (Å²) in [4.78, 5) is 0. The van der Waals surface area contributed by atoms with E-state index in [9.17, 15) is 0 Å². The van der Waals surface area contributed by atoms with E-state index in [1.165, 1.54) is 5.56 Å². The van der Waals surface area contributed by atoms with Crippen molar-refractivity contribution in [3.05, 3.63) is 30.0 Å². The summed E-state index contributed by atoms with van der Waals surface area (Å²) in [6.07, 6.45) is 2.88. The van der Waals surface area contributed by atoms with Gasteiger partial charge in [0.2, 0.25) is 0 Å². The molecule has 0 atom stereocenters. The second kappa shape index (κ2) is 7.27. The Labute approximate surface area is 107 Å². The molecule has 0 saturated carbocycles. The quantitative estimate of drug-likeness (QED) is 0.778. The van der Waals surface area contributed by atoms with Gasteiger partial charge in [-0.1, -0.05) is 12.1 Å². The summed E-state index contributed by atoms with van der Waals surface area (Å²) in [6, 6.07) is 6.35. The number of fused-ring (bicyclic) bond motifs is 1. The Bertz CT molecular complexity index is 444. The van der Waals surface area contributed by atoms with Gasteiger partial charge in [-0.3, -0.25) is 5.10 Å². The van der Waals surface area contributed by atoms with Crippen LogP contribution in [0.5, 0.6) is 0 Å². The first-order chi connectivity index (χ1) is 7.90. The number of nitrogens with zero attached hydrogens (tertiary/aromatic N) is 1. The molecule has 0 aliphatic heterocycles. The van der Waals surface area contributed by atoms with Crippen molar-refractivity contribution in [2.75, 3.05) is 20.3 Å². The van der Waals surface area contributed by atoms with E-state index in [2.05, 4.69) is 33.7 Å². The summed E-state index contributed by atoms with van der Waals surface area (Å²) in [5, 5.41) is 11.5. The van der Waals surface area contributed by atoms with Crippen molar-refractivity contribution in [3.8, 4) is 0 Å². The number of aromatic amines is 1. The van der Waals surface area contributed by atoms with Gasteiger partial charge in [0.05, 0.1) is 11.7 Å². The molecule has 94 valence electrons. The lowest BCUT2D eigenvalue weighted by molar-refractivity contribution is 0.194. The third-order valence-electron chi connectivity index (χ3n) is 2.54. The van der Waals surface area contributed by atoms with Gasteiger partial charge in [0.15, 0.2) is 0 Å². The molecular weight excluding hydrogens is 238 g/mol. The van der Waals surface area contributed by atoms with Gasteiger partial charge in [0.1, 0.15) is 0 Å². The van der Waals surface area contributed by atoms with E-state index < -0.39 is 0 Å². The minimum Gasteiger partial charge on any atom is -0.385 e. The predicted molar refractivity (Wildman–Crippen MR) is 71.5 cm³/mol. The zero-order chi connectivity index (χ0) is 11.2. The van der Waals surface area contributed by atoms with E-state index in [0.717, 1.165) is 37.0 Å². The average molecular weight is 256 g/mol. The number of ether oxygens (including phenoxy) is 1. The number of H-pyrrole nitrogens is 1. The molecule has 5 heteroatoms. The molecule has 0 amide bonds. The first-order valence-corrected chi connectivity index (χ1v) is 5.52. The van der Waals surface area contributed by atoms with Crippen molar-refractivity contribution in [1.82, 2.24) is 15.5 Å². The molecule has 0 saturated heterocycles. The van der Waals surface area contributed by atoms with Gasteiger partial charge in [-0.2, -0.15) is 5.10 Å². The van der Waals surface area contributed by atoms with Gasteiger partial charge in [0.25, 0.3) is 0 Å². The lowest BCUT2D eigenvalue weighted by Gasteiger charge is -2.04. The van der Waals surface area contributed by atoms with Crippen molar-refractivity contribution < 1.29 is 4.74 Å². The van der Waals surface area contributed by atoms with Gasteiger partial charge >= 0.3 is 0 Å². The van der Waals surface area contributed by atoms with E-state index in [1.54, 1.807) is 7.11 Å². The summed E-state index contributed by atoms with van der Waals surface area (Å²) >= 11 is 0. The number of benzene rings is 1. The Morgan fingerprint density at radius 1 is 1.41 bits per heavy atom. The fraction of sp³-hybridized carbons (Fsp3) is 0.417. The second-order valence-corrected chi connectivity index (χ2v) is 3.81. The highest BCUT2D eigenvalue weighted by atomic mass is 35.5. The highest BCUT2D eigenvalue weighted by Crippen LogP contribution is 2.12. The van der Waals surface area contributed by atoms with Gasteiger partial charge in [-0.05, 0) is 24.6 Å². The molecular formula is C12H18ClN3O. The topological polar surface area (TPSA) is 49.9 Å². The summed E-state index contributed by atoms with van der Waals surface area (Å²) < 4.78 is 4.99. The lowest BCUT2D eigenvalue weighted by Crippen LogP contribution is -2.15. The number of hydrogen-bond acceptors (Lipinski definition) is 3. The third-order valence-corrected chi connectivity index (χ3v) is 2.54. The normalized spacial score (nSPS) is 10.4. The minimum atomic E-state index is 0. The van der Waals surface area contributed by atoms with Crippen molar-refractivity contribution >= 4 is 23.3 Å². The summed E-state index contributed by atoms with van der Waals surface area (Å²) in [6.45, 7) is 2.68. The van der Waals surface area contributed by atoms with Crippen LogP contribution in [0.3, 0.4) is 0 Å². The van der Waals surface area contributed by atoms with Crippen molar-refractivity contribution in [2.24, 2.45) is 0 Å². The van der Waals surface area contributed by atoms with Crippen LogP contribution in [0.15, 0.2) is 24.4 Å². The number of methoxy groups -OCH3 is 1. The number of halogens is 1. The molecule has 0 fully saturated rings. The zero-order valence-electron chi connectivity index (χ0n) is 9.90. The number of hydrogen-bond donors (Lipinski definition) is 2. The third kappa shape index (κ3) is 4.00. The molecule has 0 aliphatic carbocycles. The highest BCUT2D eigenvalue weighted by molar-refractivity contribution is 5.85. The fourth-order valence-corrected chi connectivity index (χ4v) is 1.67. The van der Waals surface area contributed by atoms with Crippen LogP contribution in [0.4, 0.5) is 0 Å². The van der Waals surface area contributed by atoms with Gasteiger partial charge < -0.3 is 10.1 Å². The molecule has 2 aromatic rings. The molecule has 4 nitrogen and oxygen atoms in total. The SMILES string of the molecule is COCCCNCc1ccc2cn[nH]c2c1.Cl. The van der Waals surface area contributed by atoms with E-state index in [1.807, 2.05) is 6.20 Å². The predicted octanol–water partition coefficient (Wildman–Crippen LogP) is 2.11. The summed E-state index contributed by atoms with van der Waals surface area (Å²) in [5.74, 6) is 0. The Kier molecular flexibility index (Phi) is 5.97. The lowest BCUT2D eigenvalue weighted by atomic mass is 10.1. The van der Waals surface area contributed by atoms with Gasteiger partial charge in [0, 0.05) is 25.6 Å². The number of aromatic nitrogens is 2. The molecule has 1 aromatic carbocycles. The van der Waals surface area contributed by atoms with Crippen molar-refractivity contribution in [1.29, 1.82) is 0 Å². The molecule has 0 radical (unpaired) electrons. The Balaban J connectivity index is 0.00000144. The van der Waals surface area contributed by atoms with Crippen LogP contribution in [0.25, 0.3) is 10.9 Å². The molecule has 2 rings (SSSR count). The molecule has 1 heterocycles. The Morgan fingerprint density at radius 2 is 2.29 bits per heavy atom. The van der Waals surface area contributed by atoms with Crippen LogP contribution in [-0.4, -0.2) is 30.5 Å². The molecule has 0 unspecified atom stereocenters. The van der Waals surface area contributed by atoms with Crippen LogP contribution in [0.1, 0.15) is 12.0 Å². The Hall–Kier alpha value is -1.10. The van der Waals surface area contributed by atoms with E-state index in [-0.39, 0.29) is 12.4 Å². The molecule has 0 bridgehead atoms. The maximum Gasteiger partial charge on any atom is 0.0653 e. The summed E-state index contributed by atoms with van der Waals surface area (Å²) in [7, 11) is 1.73. The molecule has 17 heavy (non-hydrogen) atoms. The van der Waals surface area contributed by atoms with Crippen LogP contribution in [0.2, 0.25) is 0 Å². The first-order valence-electron chi connectivity index (χ1n) is 5.52. The minimum absolute atomic E-state index is 0. The van der Waals surface area contributed by atoms with Crippen LogP contribution >= 0.6 is 12.4 Å². The maximum absolute atomic E-state index is 4.99. The second-order valence-electron chi connectivity index (χ2n) is 3.81. The number of nitrogens with one attached hydrogen (secondary N) is 2. The highest BCUT2D eigenvalue weighted by Gasteiger charge is 1.97. The van der Waals surface area contributed by atoms with Crippen LogP contribution in [0, 0.1) is 0 Å². The number of rotatable bonds is 6. The van der Waals surface area contributed by atoms with E-state index in [4.69, 9.17) is 4.74 Å². The van der Waals surface area contributed by atoms with Gasteiger partial charge in [-0.15, -0.1) is 12.4 Å². The van der Waals surface area contributed by atoms with Gasteiger partial charge in [-0.25, -0.2) is 0 Å². The molecule has 0 spiro atoms. The largest absolute Gasteiger partial charge is 0.385 e.